The van der Waals surface area contributed by atoms with E-state index in [0.29, 0.717) is 11.1 Å². The Labute approximate surface area is 73.4 Å². The van der Waals surface area contributed by atoms with Crippen LogP contribution in [0.2, 0.25) is 0 Å². The average Bonchev–Trinajstić information content (AvgIpc) is 1.84. The van der Waals surface area contributed by atoms with Crippen molar-refractivity contribution in [3.63, 3.8) is 0 Å². The maximum absolute atomic E-state index is 6.61. The molecule has 0 N–H and O–H groups in total. The summed E-state index contributed by atoms with van der Waals surface area (Å²) in [5, 5.41) is 0. The zero-order chi connectivity index (χ0) is 6.57. The number of allylic oxidation sites excluding steroid dienone is 2. The topological polar surface area (TPSA) is 0 Å². The van der Waals surface area contributed by atoms with Crippen LogP contribution in [0.1, 0.15) is 16.6 Å². The van der Waals surface area contributed by atoms with Crippen LogP contribution in [0, 0.1) is 13.1 Å². The van der Waals surface area contributed by atoms with Crippen molar-refractivity contribution in [2.45, 2.75) is 13.8 Å². The Balaban J connectivity index is 0. The predicted octanol–water partition coefficient (Wildman–Crippen LogP) is 1.74. The summed E-state index contributed by atoms with van der Waals surface area (Å²) in [7, 11) is 0. The fourth-order valence-electron chi connectivity index (χ4n) is 0. The van der Waals surface area contributed by atoms with E-state index in [1.807, 2.05) is 0 Å². The summed E-state index contributed by atoms with van der Waals surface area (Å²) in [6.07, 6.45) is 0. The third-order valence-corrected chi connectivity index (χ3v) is 0.562. The van der Waals surface area contributed by atoms with Crippen molar-refractivity contribution in [1.29, 1.82) is 0 Å². The second kappa shape index (κ2) is 4.74. The quantitative estimate of drug-likeness (QED) is 0.418. The van der Waals surface area contributed by atoms with Crippen LogP contribution in [0.4, 0.5) is 0 Å². The SMILES string of the molecule is [3H][C-]=C(C)C(C)=[C-][3H].[Y]. The van der Waals surface area contributed by atoms with Gasteiger partial charge in [-0.05, 0) is 0 Å². The molecule has 0 amide bonds. The first-order valence-corrected chi connectivity index (χ1v) is 1.75. The maximum Gasteiger partial charge on any atom is 0 e. The van der Waals surface area contributed by atoms with Gasteiger partial charge in [-0.1, -0.05) is 0 Å². The molecule has 0 spiro atoms. The largest absolute Gasteiger partial charge is 0.391 e. The minimum atomic E-state index is 0. The molecule has 0 aliphatic heterocycles. The van der Waals surface area contributed by atoms with Crippen LogP contribution in [0.15, 0.2) is 11.1 Å². The molecular weight excluding hydrogens is 161 g/mol. The van der Waals surface area contributed by atoms with Crippen molar-refractivity contribution in [2.75, 3.05) is 0 Å². The molecule has 0 aliphatic rings. The Kier molecular flexibility index (Phi) is 3.87. The predicted molar refractivity (Wildman–Crippen MR) is 27.0 cm³/mol. The molecule has 0 bridgehead atoms. The third kappa shape index (κ3) is 6.58. The van der Waals surface area contributed by atoms with Gasteiger partial charge in [-0.25, -0.2) is 0 Å². The minimum absolute atomic E-state index is 0. The molecule has 0 fully saturated rings. The molecule has 0 saturated carbocycles. The molecule has 7 heavy (non-hydrogen) atoms. The molecule has 0 aromatic heterocycles. The zero-order valence-corrected chi connectivity index (χ0v) is 7.42. The van der Waals surface area contributed by atoms with Gasteiger partial charge in [-0.3, -0.25) is 0 Å². The first-order valence-electron chi connectivity index (χ1n) is 2.75. The van der Waals surface area contributed by atoms with E-state index in [1.54, 1.807) is 13.8 Å². The normalized spacial score (nSPS) is 16.9. The van der Waals surface area contributed by atoms with Gasteiger partial charge in [0.2, 0.25) is 0 Å². The molecule has 0 rings (SSSR count). The van der Waals surface area contributed by atoms with Gasteiger partial charge >= 0.3 is 0 Å². The summed E-state index contributed by atoms with van der Waals surface area (Å²) < 4.78 is 13.2. The van der Waals surface area contributed by atoms with E-state index in [1.165, 1.54) is 0 Å². The van der Waals surface area contributed by atoms with E-state index in [9.17, 15) is 0 Å². The van der Waals surface area contributed by atoms with E-state index in [-0.39, 0.29) is 32.7 Å². The molecule has 0 saturated heterocycles. The van der Waals surface area contributed by atoms with Crippen molar-refractivity contribution in [1.82, 2.24) is 0 Å². The molecule has 0 aromatic rings. The summed E-state index contributed by atoms with van der Waals surface area (Å²) in [4.78, 5) is 0. The standard InChI is InChI=1S/C6H8.Y/c1-5(2)6(3)4;/h1,3H,2,4H3;/q-2;/i1T,3T;. The van der Waals surface area contributed by atoms with E-state index in [0.717, 1.165) is 0 Å². The van der Waals surface area contributed by atoms with Crippen LogP contribution >= 0.6 is 0 Å². The second-order valence-corrected chi connectivity index (χ2v) is 1.25. The Morgan fingerprint density at radius 2 is 1.57 bits per heavy atom. The van der Waals surface area contributed by atoms with Crippen LogP contribution in [-0.2, 0) is 32.7 Å². The number of hydrogen-bond donors (Lipinski definition) is 0. The van der Waals surface area contributed by atoms with E-state index in [4.69, 9.17) is 2.74 Å². The summed E-state index contributed by atoms with van der Waals surface area (Å²) in [6, 6.07) is 0. The first-order chi connectivity index (χ1) is 3.72. The molecule has 0 aromatic carbocycles. The Hall–Kier alpha value is 0.584. The maximum atomic E-state index is 6.61. The summed E-state index contributed by atoms with van der Waals surface area (Å²) in [5.41, 5.74) is 1.33. The molecule has 0 nitrogen and oxygen atoms in total. The van der Waals surface area contributed by atoms with E-state index < -0.39 is 0 Å². The minimum Gasteiger partial charge on any atom is -0.391 e. The third-order valence-electron chi connectivity index (χ3n) is 0.562. The summed E-state index contributed by atoms with van der Waals surface area (Å²) >= 11 is 0. The van der Waals surface area contributed by atoms with Gasteiger partial charge < -0.3 is 24.3 Å². The van der Waals surface area contributed by atoms with Crippen molar-refractivity contribution in [3.8, 4) is 0 Å². The first kappa shape index (κ1) is 5.72. The molecular formula is C6H8Y-2. The number of hydrogen-bond acceptors (Lipinski definition) is 0. The second-order valence-electron chi connectivity index (χ2n) is 1.25. The summed E-state index contributed by atoms with van der Waals surface area (Å²) in [5.74, 6) is 0. The van der Waals surface area contributed by atoms with E-state index in [2.05, 4.69) is 13.1 Å². The average molecular weight is 173 g/mol. The van der Waals surface area contributed by atoms with Gasteiger partial charge in [0.05, 0.1) is 0 Å². The molecule has 0 unspecified atom stereocenters. The Bertz CT molecular complexity index is 111. The fourth-order valence-corrected chi connectivity index (χ4v) is 0. The Morgan fingerprint density at radius 1 is 1.29 bits per heavy atom. The van der Waals surface area contributed by atoms with Crippen LogP contribution in [0.25, 0.3) is 0 Å². The van der Waals surface area contributed by atoms with Gasteiger partial charge in [0, 0.05) is 32.7 Å². The van der Waals surface area contributed by atoms with Gasteiger partial charge in [-0.2, -0.15) is 0 Å². The van der Waals surface area contributed by atoms with Crippen molar-refractivity contribution in [2.24, 2.45) is 0 Å². The van der Waals surface area contributed by atoms with Crippen LogP contribution < -0.4 is 0 Å². The van der Waals surface area contributed by atoms with Gasteiger partial charge in [0.15, 0.2) is 0 Å². The van der Waals surface area contributed by atoms with E-state index >= 15 is 0 Å². The fraction of sp³-hybridized carbons (Fsp3) is 0.333. The van der Waals surface area contributed by atoms with Crippen LogP contribution in [0.3, 0.4) is 0 Å². The van der Waals surface area contributed by atoms with Crippen LogP contribution in [0.5, 0.6) is 0 Å². The zero-order valence-electron chi connectivity index (χ0n) is 6.58. The van der Waals surface area contributed by atoms with Gasteiger partial charge in [0.1, 0.15) is 0 Å². The smallest absolute Gasteiger partial charge is 0 e. The van der Waals surface area contributed by atoms with Crippen molar-refractivity contribution < 1.29 is 35.5 Å². The Morgan fingerprint density at radius 3 is 1.71 bits per heavy atom. The van der Waals surface area contributed by atoms with Crippen molar-refractivity contribution in [3.05, 3.63) is 24.3 Å². The monoisotopic (exact) mass is 173 g/mol. The molecule has 0 atom stereocenters. The molecule has 0 heterocycles. The van der Waals surface area contributed by atoms with Gasteiger partial charge in [0.25, 0.3) is 0 Å². The molecule has 1 radical (unpaired) electrons. The molecule has 1 heteroatoms. The van der Waals surface area contributed by atoms with Crippen molar-refractivity contribution >= 4 is 0 Å². The molecule has 37 valence electrons. The van der Waals surface area contributed by atoms with Gasteiger partial charge in [-0.15, -0.1) is 16.6 Å². The van der Waals surface area contributed by atoms with Crippen LogP contribution in [-0.4, -0.2) is 0 Å². The molecule has 0 aliphatic carbocycles. The number of rotatable bonds is 1. The summed E-state index contributed by atoms with van der Waals surface area (Å²) in [6.45, 7) is 7.78.